The summed E-state index contributed by atoms with van der Waals surface area (Å²) in [6, 6.07) is 9.29. The zero-order valence-electron chi connectivity index (χ0n) is 12.5. The third-order valence-electron chi connectivity index (χ3n) is 4.17. The maximum absolute atomic E-state index is 12.6. The van der Waals surface area contributed by atoms with E-state index in [0.29, 0.717) is 18.7 Å². The fraction of sp³-hybridized carbons (Fsp3) is 0.353. The molecule has 3 heterocycles. The number of pyridine rings is 2. The van der Waals surface area contributed by atoms with E-state index in [9.17, 15) is 9.90 Å². The van der Waals surface area contributed by atoms with Crippen LogP contribution in [0.25, 0.3) is 0 Å². The molecular weight excluding hydrogens is 278 g/mol. The van der Waals surface area contributed by atoms with E-state index in [1.54, 1.807) is 29.4 Å². The molecule has 114 valence electrons. The molecule has 0 radical (unpaired) electrons. The zero-order chi connectivity index (χ0) is 15.5. The van der Waals surface area contributed by atoms with Crippen molar-refractivity contribution in [2.75, 3.05) is 19.7 Å². The smallest absolute Gasteiger partial charge is 0.254 e. The molecule has 0 aromatic carbocycles. The van der Waals surface area contributed by atoms with Gasteiger partial charge in [-0.25, -0.2) is 0 Å². The lowest BCUT2D eigenvalue weighted by atomic mass is 9.93. The Balaban J connectivity index is 1.81. The molecule has 5 nitrogen and oxygen atoms in total. The van der Waals surface area contributed by atoms with Crippen LogP contribution in [0.3, 0.4) is 0 Å². The fourth-order valence-electron chi connectivity index (χ4n) is 3.01. The van der Waals surface area contributed by atoms with Crippen LogP contribution >= 0.6 is 0 Å². The topological polar surface area (TPSA) is 66.3 Å². The first-order chi connectivity index (χ1) is 10.7. The third kappa shape index (κ3) is 2.85. The summed E-state index contributed by atoms with van der Waals surface area (Å²) in [7, 11) is 0. The van der Waals surface area contributed by atoms with Crippen molar-refractivity contribution in [2.45, 2.75) is 12.8 Å². The molecule has 3 rings (SSSR count). The van der Waals surface area contributed by atoms with E-state index >= 15 is 0 Å². The largest absolute Gasteiger partial charge is 0.396 e. The molecule has 1 aliphatic rings. The third-order valence-corrected chi connectivity index (χ3v) is 4.17. The van der Waals surface area contributed by atoms with Crippen LogP contribution in [-0.2, 0) is 0 Å². The number of aryl methyl sites for hydroxylation is 1. The number of amides is 1. The average molecular weight is 297 g/mol. The maximum atomic E-state index is 12.6. The number of hydrogen-bond acceptors (Lipinski definition) is 4. The highest BCUT2D eigenvalue weighted by atomic mass is 16.3. The molecule has 0 bridgehead atoms. The van der Waals surface area contributed by atoms with Gasteiger partial charge in [0.15, 0.2) is 0 Å². The Morgan fingerprint density at radius 3 is 2.82 bits per heavy atom. The lowest BCUT2D eigenvalue weighted by Gasteiger charge is -2.16. The van der Waals surface area contributed by atoms with Crippen LogP contribution in [0.4, 0.5) is 0 Å². The van der Waals surface area contributed by atoms with Crippen LogP contribution in [-0.4, -0.2) is 45.6 Å². The van der Waals surface area contributed by atoms with E-state index < -0.39 is 0 Å². The number of nitrogens with zero attached hydrogens (tertiary/aromatic N) is 3. The molecule has 2 aromatic rings. The minimum atomic E-state index is -0.0117. The number of hydrogen-bond donors (Lipinski definition) is 1. The van der Waals surface area contributed by atoms with Gasteiger partial charge in [0.05, 0.1) is 0 Å². The number of carbonyl (C=O) groups is 1. The van der Waals surface area contributed by atoms with Crippen molar-refractivity contribution in [3.8, 4) is 0 Å². The summed E-state index contributed by atoms with van der Waals surface area (Å²) in [5.41, 5.74) is 2.40. The number of likely N-dealkylation sites (tertiary alicyclic amines) is 1. The molecule has 0 unspecified atom stereocenters. The quantitative estimate of drug-likeness (QED) is 0.935. The molecule has 1 saturated heterocycles. The van der Waals surface area contributed by atoms with Gasteiger partial charge in [0.2, 0.25) is 0 Å². The van der Waals surface area contributed by atoms with Crippen molar-refractivity contribution < 1.29 is 9.90 Å². The average Bonchev–Trinajstić information content (AvgIpc) is 2.99. The Morgan fingerprint density at radius 2 is 2.14 bits per heavy atom. The summed E-state index contributed by atoms with van der Waals surface area (Å²) in [4.78, 5) is 22.9. The monoisotopic (exact) mass is 297 g/mol. The standard InChI is InChI=1S/C17H19N3O2/c1-12-8-13(5-7-18-12)17(22)20-9-14(11-21)15(10-20)16-4-2-3-6-19-16/h2-8,14-15,21H,9-11H2,1H3/t14-,15+/m0/s1. The first kappa shape index (κ1) is 14.7. The number of rotatable bonds is 3. The molecule has 0 spiro atoms. The van der Waals surface area contributed by atoms with Gasteiger partial charge in [0.25, 0.3) is 5.91 Å². The molecular formula is C17H19N3O2. The summed E-state index contributed by atoms with van der Waals surface area (Å²) in [5.74, 6) is 0.0993. The predicted molar refractivity (Wildman–Crippen MR) is 82.4 cm³/mol. The second-order valence-electron chi connectivity index (χ2n) is 5.70. The normalized spacial score (nSPS) is 21.1. The van der Waals surface area contributed by atoms with Crippen molar-refractivity contribution in [3.05, 3.63) is 59.7 Å². The molecule has 2 atom stereocenters. The van der Waals surface area contributed by atoms with Gasteiger partial charge in [0, 0.05) is 60.9 Å². The van der Waals surface area contributed by atoms with Crippen molar-refractivity contribution in [2.24, 2.45) is 5.92 Å². The van der Waals surface area contributed by atoms with E-state index in [0.717, 1.165) is 11.4 Å². The van der Waals surface area contributed by atoms with Crippen LogP contribution in [0, 0.1) is 12.8 Å². The van der Waals surface area contributed by atoms with Crippen molar-refractivity contribution in [1.82, 2.24) is 14.9 Å². The summed E-state index contributed by atoms with van der Waals surface area (Å²) < 4.78 is 0. The number of aliphatic hydroxyl groups excluding tert-OH is 1. The van der Waals surface area contributed by atoms with Crippen molar-refractivity contribution in [3.63, 3.8) is 0 Å². The van der Waals surface area contributed by atoms with E-state index in [1.165, 1.54) is 0 Å². The second-order valence-corrected chi connectivity index (χ2v) is 5.70. The minimum Gasteiger partial charge on any atom is -0.396 e. The van der Waals surface area contributed by atoms with Gasteiger partial charge in [-0.15, -0.1) is 0 Å². The molecule has 22 heavy (non-hydrogen) atoms. The van der Waals surface area contributed by atoms with Gasteiger partial charge in [-0.05, 0) is 31.2 Å². The molecule has 1 amide bonds. The van der Waals surface area contributed by atoms with Crippen LogP contribution in [0.15, 0.2) is 42.7 Å². The lowest BCUT2D eigenvalue weighted by Crippen LogP contribution is -2.29. The highest BCUT2D eigenvalue weighted by Gasteiger charge is 2.36. The van der Waals surface area contributed by atoms with Crippen molar-refractivity contribution in [1.29, 1.82) is 0 Å². The van der Waals surface area contributed by atoms with E-state index in [4.69, 9.17) is 0 Å². The SMILES string of the molecule is Cc1cc(C(=O)N2C[C@@H](CO)[C@H](c3ccccn3)C2)ccn1. The van der Waals surface area contributed by atoms with E-state index in [2.05, 4.69) is 9.97 Å². The molecule has 0 aliphatic carbocycles. The van der Waals surface area contributed by atoms with Gasteiger partial charge < -0.3 is 10.0 Å². The Morgan fingerprint density at radius 1 is 1.27 bits per heavy atom. The predicted octanol–water partition coefficient (Wildman–Crippen LogP) is 1.63. The first-order valence-corrected chi connectivity index (χ1v) is 7.42. The summed E-state index contributed by atoms with van der Waals surface area (Å²) in [6.45, 7) is 3.06. The first-order valence-electron chi connectivity index (χ1n) is 7.42. The highest BCUT2D eigenvalue weighted by Crippen LogP contribution is 2.32. The second kappa shape index (κ2) is 6.23. The molecule has 1 fully saturated rings. The van der Waals surface area contributed by atoms with Gasteiger partial charge in [0.1, 0.15) is 0 Å². The number of aromatic nitrogens is 2. The van der Waals surface area contributed by atoms with E-state index in [-0.39, 0.29) is 24.3 Å². The van der Waals surface area contributed by atoms with Gasteiger partial charge >= 0.3 is 0 Å². The molecule has 1 aliphatic heterocycles. The minimum absolute atomic E-state index is 0.0117. The number of aliphatic hydroxyl groups is 1. The van der Waals surface area contributed by atoms with Crippen LogP contribution in [0.2, 0.25) is 0 Å². The molecule has 2 aromatic heterocycles. The molecule has 5 heteroatoms. The Labute approximate surface area is 129 Å². The Hall–Kier alpha value is -2.27. The fourth-order valence-corrected chi connectivity index (χ4v) is 3.01. The maximum Gasteiger partial charge on any atom is 0.254 e. The van der Waals surface area contributed by atoms with Crippen LogP contribution < -0.4 is 0 Å². The van der Waals surface area contributed by atoms with Gasteiger partial charge in [-0.1, -0.05) is 6.07 Å². The zero-order valence-corrected chi connectivity index (χ0v) is 12.5. The molecule has 0 saturated carbocycles. The lowest BCUT2D eigenvalue weighted by molar-refractivity contribution is 0.0781. The Bertz CT molecular complexity index is 660. The summed E-state index contributed by atoms with van der Waals surface area (Å²) in [5, 5.41) is 9.64. The van der Waals surface area contributed by atoms with Gasteiger partial charge in [-0.3, -0.25) is 14.8 Å². The highest BCUT2D eigenvalue weighted by molar-refractivity contribution is 5.94. The Kier molecular flexibility index (Phi) is 4.15. The van der Waals surface area contributed by atoms with E-state index in [1.807, 2.05) is 25.1 Å². The van der Waals surface area contributed by atoms with Crippen LogP contribution in [0.1, 0.15) is 27.7 Å². The van der Waals surface area contributed by atoms with Crippen LogP contribution in [0.5, 0.6) is 0 Å². The summed E-state index contributed by atoms with van der Waals surface area (Å²) in [6.07, 6.45) is 3.40. The number of carbonyl (C=O) groups excluding carboxylic acids is 1. The van der Waals surface area contributed by atoms with Crippen molar-refractivity contribution >= 4 is 5.91 Å². The summed E-state index contributed by atoms with van der Waals surface area (Å²) >= 11 is 0. The molecule has 1 N–H and O–H groups in total. The van der Waals surface area contributed by atoms with Gasteiger partial charge in [-0.2, -0.15) is 0 Å².